The predicted molar refractivity (Wildman–Crippen MR) is 108 cm³/mol. The van der Waals surface area contributed by atoms with Crippen LogP contribution in [0.1, 0.15) is 13.8 Å². The summed E-state index contributed by atoms with van der Waals surface area (Å²) in [5.41, 5.74) is 1.62. The third kappa shape index (κ3) is 4.96. The number of morpholine rings is 1. The maximum atomic E-state index is 13.1. The van der Waals surface area contributed by atoms with Gasteiger partial charge in [0.25, 0.3) is 0 Å². The van der Waals surface area contributed by atoms with Gasteiger partial charge in [0.2, 0.25) is 10.0 Å². The molecule has 2 aromatic carbocycles. The Balaban J connectivity index is 1.81. The van der Waals surface area contributed by atoms with Crippen molar-refractivity contribution in [2.24, 2.45) is 5.92 Å². The van der Waals surface area contributed by atoms with Gasteiger partial charge in [0, 0.05) is 31.2 Å². The van der Waals surface area contributed by atoms with Crippen LogP contribution in [0.3, 0.4) is 0 Å². The highest BCUT2D eigenvalue weighted by molar-refractivity contribution is 7.89. The fourth-order valence-electron chi connectivity index (χ4n) is 3.53. The molecular weight excluding hydrogens is 360 g/mol. The summed E-state index contributed by atoms with van der Waals surface area (Å²) in [6.45, 7) is 7.73. The Hall–Kier alpha value is -1.73. The Bertz CT molecular complexity index is 832. The van der Waals surface area contributed by atoms with Gasteiger partial charge in [0.05, 0.1) is 18.1 Å². The minimum Gasteiger partial charge on any atom is -0.379 e. The van der Waals surface area contributed by atoms with Crippen LogP contribution in [0.5, 0.6) is 0 Å². The molecule has 27 heavy (non-hydrogen) atoms. The summed E-state index contributed by atoms with van der Waals surface area (Å²) in [4.78, 5) is 2.64. The van der Waals surface area contributed by atoms with E-state index in [1.54, 1.807) is 12.1 Å². The van der Waals surface area contributed by atoms with E-state index in [9.17, 15) is 8.42 Å². The van der Waals surface area contributed by atoms with Gasteiger partial charge in [-0.25, -0.2) is 13.1 Å². The van der Waals surface area contributed by atoms with E-state index in [0.29, 0.717) is 30.6 Å². The lowest BCUT2D eigenvalue weighted by Crippen LogP contribution is -2.51. The maximum absolute atomic E-state index is 13.1. The highest BCUT2D eigenvalue weighted by Crippen LogP contribution is 2.27. The standard InChI is InChI=1S/C21H28N2O3S/c1-17(2)20(23-12-14-26-15-13-23)16-22-27(24,25)21-11-7-6-10-19(21)18-8-4-3-5-9-18/h3-11,17,20,22H,12-16H2,1-2H3. The van der Waals surface area contributed by atoms with Crippen LogP contribution < -0.4 is 4.72 Å². The van der Waals surface area contributed by atoms with Crippen LogP contribution in [-0.4, -0.2) is 52.2 Å². The lowest BCUT2D eigenvalue weighted by molar-refractivity contribution is 0.00776. The monoisotopic (exact) mass is 388 g/mol. The second-order valence-electron chi connectivity index (χ2n) is 7.17. The van der Waals surface area contributed by atoms with Gasteiger partial charge in [0.15, 0.2) is 0 Å². The third-order valence-electron chi connectivity index (χ3n) is 5.03. The second-order valence-corrected chi connectivity index (χ2v) is 8.91. The largest absolute Gasteiger partial charge is 0.379 e. The van der Waals surface area contributed by atoms with Crippen LogP contribution in [0, 0.1) is 5.92 Å². The molecule has 1 aliphatic heterocycles. The zero-order valence-electron chi connectivity index (χ0n) is 16.0. The summed E-state index contributed by atoms with van der Waals surface area (Å²) in [7, 11) is -3.61. The van der Waals surface area contributed by atoms with Gasteiger partial charge in [-0.1, -0.05) is 62.4 Å². The first-order valence-corrected chi connectivity index (χ1v) is 10.9. The van der Waals surface area contributed by atoms with Crippen LogP contribution >= 0.6 is 0 Å². The summed E-state index contributed by atoms with van der Waals surface area (Å²) in [6.07, 6.45) is 0. The van der Waals surface area contributed by atoms with Crippen molar-refractivity contribution in [2.75, 3.05) is 32.8 Å². The topological polar surface area (TPSA) is 58.6 Å². The van der Waals surface area contributed by atoms with Gasteiger partial charge in [-0.05, 0) is 17.5 Å². The predicted octanol–water partition coefficient (Wildman–Crippen LogP) is 2.99. The van der Waals surface area contributed by atoms with Crippen molar-refractivity contribution >= 4 is 10.0 Å². The first-order valence-electron chi connectivity index (χ1n) is 9.45. The van der Waals surface area contributed by atoms with E-state index in [2.05, 4.69) is 23.5 Å². The van der Waals surface area contributed by atoms with Gasteiger partial charge in [0.1, 0.15) is 0 Å². The molecule has 1 saturated heterocycles. The molecule has 146 valence electrons. The molecule has 1 heterocycles. The zero-order valence-corrected chi connectivity index (χ0v) is 16.8. The molecule has 1 N–H and O–H groups in total. The number of ether oxygens (including phenoxy) is 1. The van der Waals surface area contributed by atoms with Crippen LogP contribution in [0.4, 0.5) is 0 Å². The molecule has 0 radical (unpaired) electrons. The van der Waals surface area contributed by atoms with Crippen molar-refractivity contribution in [1.29, 1.82) is 0 Å². The summed E-state index contributed by atoms with van der Waals surface area (Å²) >= 11 is 0. The van der Waals surface area contributed by atoms with Gasteiger partial charge >= 0.3 is 0 Å². The lowest BCUT2D eigenvalue weighted by atomic mass is 10.0. The molecule has 1 aliphatic rings. The fourth-order valence-corrected chi connectivity index (χ4v) is 4.80. The molecule has 1 fully saturated rings. The average molecular weight is 389 g/mol. The average Bonchev–Trinajstić information content (AvgIpc) is 2.69. The molecule has 1 atom stereocenters. The van der Waals surface area contributed by atoms with Crippen molar-refractivity contribution in [3.05, 3.63) is 54.6 Å². The number of sulfonamides is 1. The number of hydrogen-bond acceptors (Lipinski definition) is 4. The van der Waals surface area contributed by atoms with Gasteiger partial charge in [-0.3, -0.25) is 4.90 Å². The van der Waals surface area contributed by atoms with Crippen molar-refractivity contribution in [1.82, 2.24) is 9.62 Å². The van der Waals surface area contributed by atoms with E-state index in [1.165, 1.54) is 0 Å². The zero-order chi connectivity index (χ0) is 19.3. The molecule has 5 nitrogen and oxygen atoms in total. The van der Waals surface area contributed by atoms with Gasteiger partial charge in [-0.15, -0.1) is 0 Å². The molecule has 0 bridgehead atoms. The SMILES string of the molecule is CC(C)C(CNS(=O)(=O)c1ccccc1-c1ccccc1)N1CCOCC1. The van der Waals surface area contributed by atoms with Crippen molar-refractivity contribution in [2.45, 2.75) is 24.8 Å². The third-order valence-corrected chi connectivity index (χ3v) is 6.51. The smallest absolute Gasteiger partial charge is 0.241 e. The highest BCUT2D eigenvalue weighted by atomic mass is 32.2. The second kappa shape index (κ2) is 8.97. The minimum atomic E-state index is -3.61. The highest BCUT2D eigenvalue weighted by Gasteiger charge is 2.26. The Kier molecular flexibility index (Phi) is 6.65. The maximum Gasteiger partial charge on any atom is 0.241 e. The van der Waals surface area contributed by atoms with Crippen molar-refractivity contribution in [3.8, 4) is 11.1 Å². The fraction of sp³-hybridized carbons (Fsp3) is 0.429. The number of nitrogens with zero attached hydrogens (tertiary/aromatic N) is 1. The van der Waals surface area contributed by atoms with Gasteiger partial charge in [-0.2, -0.15) is 0 Å². The number of nitrogens with one attached hydrogen (secondary N) is 1. The van der Waals surface area contributed by atoms with Crippen molar-refractivity contribution < 1.29 is 13.2 Å². The van der Waals surface area contributed by atoms with Crippen LogP contribution in [0.15, 0.2) is 59.5 Å². The molecule has 0 aliphatic carbocycles. The minimum absolute atomic E-state index is 0.146. The summed E-state index contributed by atoms with van der Waals surface area (Å²) in [5.74, 6) is 0.343. The van der Waals surface area contributed by atoms with E-state index in [-0.39, 0.29) is 6.04 Å². The molecule has 2 aromatic rings. The van der Waals surface area contributed by atoms with Crippen LogP contribution in [0.25, 0.3) is 11.1 Å². The Morgan fingerprint density at radius 1 is 1.00 bits per heavy atom. The molecule has 0 saturated carbocycles. The number of hydrogen-bond donors (Lipinski definition) is 1. The molecule has 6 heteroatoms. The van der Waals surface area contributed by atoms with E-state index in [1.807, 2.05) is 42.5 Å². The normalized spacial score (nSPS) is 17.1. The van der Waals surface area contributed by atoms with E-state index in [0.717, 1.165) is 24.2 Å². The lowest BCUT2D eigenvalue weighted by Gasteiger charge is -2.36. The Labute approximate surface area is 162 Å². The molecule has 0 aromatic heterocycles. The van der Waals surface area contributed by atoms with E-state index in [4.69, 9.17) is 4.74 Å². The van der Waals surface area contributed by atoms with Crippen LogP contribution in [-0.2, 0) is 14.8 Å². The summed E-state index contributed by atoms with van der Waals surface area (Å²) in [6, 6.07) is 16.9. The summed E-state index contributed by atoms with van der Waals surface area (Å²) < 4.78 is 34.4. The Morgan fingerprint density at radius 3 is 2.30 bits per heavy atom. The van der Waals surface area contributed by atoms with Gasteiger partial charge < -0.3 is 4.74 Å². The molecule has 0 spiro atoms. The Morgan fingerprint density at radius 2 is 1.63 bits per heavy atom. The van der Waals surface area contributed by atoms with E-state index >= 15 is 0 Å². The summed E-state index contributed by atoms with van der Waals surface area (Å²) in [5, 5.41) is 0. The molecule has 1 unspecified atom stereocenters. The molecule has 0 amide bonds. The number of rotatable bonds is 7. The molecule has 3 rings (SSSR count). The first-order chi connectivity index (χ1) is 13.0. The van der Waals surface area contributed by atoms with E-state index < -0.39 is 10.0 Å². The quantitative estimate of drug-likeness (QED) is 0.792. The van der Waals surface area contributed by atoms with Crippen LogP contribution in [0.2, 0.25) is 0 Å². The van der Waals surface area contributed by atoms with Crippen molar-refractivity contribution in [3.63, 3.8) is 0 Å². The first kappa shape index (κ1) is 20.0. The number of benzene rings is 2. The molecular formula is C21H28N2O3S.